The van der Waals surface area contributed by atoms with Crippen molar-refractivity contribution in [2.24, 2.45) is 0 Å². The van der Waals surface area contributed by atoms with Crippen LogP contribution in [0.25, 0.3) is 0 Å². The van der Waals surface area contributed by atoms with Crippen molar-refractivity contribution in [3.63, 3.8) is 0 Å². The lowest BCUT2D eigenvalue weighted by Crippen LogP contribution is -2.60. The third-order valence-corrected chi connectivity index (χ3v) is 4.38. The van der Waals surface area contributed by atoms with Gasteiger partial charge in [-0.2, -0.15) is 5.10 Å². The fourth-order valence-electron chi connectivity index (χ4n) is 2.79. The van der Waals surface area contributed by atoms with E-state index < -0.39 is 0 Å². The number of amides is 1. The first-order valence-electron chi connectivity index (χ1n) is 7.82. The van der Waals surface area contributed by atoms with Gasteiger partial charge in [0.1, 0.15) is 11.5 Å². The Balaban J connectivity index is 1.71. The molecular weight excluding hydrogens is 324 g/mol. The van der Waals surface area contributed by atoms with E-state index in [1.807, 2.05) is 4.90 Å². The number of aromatic nitrogens is 2. The van der Waals surface area contributed by atoms with Gasteiger partial charge in [0.15, 0.2) is 0 Å². The SMILES string of the molecule is COc1ccc(OC)c(C(=O)N(C)C2CN(c3cn[nH]c(=O)c3)C2)c1. The summed E-state index contributed by atoms with van der Waals surface area (Å²) in [5.41, 5.74) is 0.965. The zero-order chi connectivity index (χ0) is 18.0. The quantitative estimate of drug-likeness (QED) is 0.861. The zero-order valence-corrected chi connectivity index (χ0v) is 14.4. The molecule has 132 valence electrons. The van der Waals surface area contributed by atoms with E-state index in [1.54, 1.807) is 43.5 Å². The Kier molecular flexibility index (Phi) is 4.60. The highest BCUT2D eigenvalue weighted by atomic mass is 16.5. The lowest BCUT2D eigenvalue weighted by atomic mass is 10.0. The van der Waals surface area contributed by atoms with Crippen LogP contribution in [0.15, 0.2) is 35.3 Å². The third-order valence-electron chi connectivity index (χ3n) is 4.38. The Hall–Kier alpha value is -3.03. The molecule has 1 aliphatic rings. The van der Waals surface area contributed by atoms with E-state index in [0.717, 1.165) is 5.69 Å². The molecule has 8 heteroatoms. The lowest BCUT2D eigenvalue weighted by molar-refractivity contribution is 0.0702. The first-order valence-corrected chi connectivity index (χ1v) is 7.82. The molecule has 0 aliphatic carbocycles. The van der Waals surface area contributed by atoms with Crippen LogP contribution in [0.2, 0.25) is 0 Å². The Labute approximate surface area is 145 Å². The van der Waals surface area contributed by atoms with Gasteiger partial charge in [0.05, 0.1) is 37.7 Å². The maximum absolute atomic E-state index is 12.8. The molecule has 2 heterocycles. The van der Waals surface area contributed by atoms with Crippen LogP contribution < -0.4 is 19.9 Å². The van der Waals surface area contributed by atoms with Crippen molar-refractivity contribution in [2.75, 3.05) is 39.3 Å². The molecule has 0 radical (unpaired) electrons. The molecule has 1 saturated heterocycles. The topological polar surface area (TPSA) is 87.8 Å². The molecule has 25 heavy (non-hydrogen) atoms. The number of ether oxygens (including phenoxy) is 2. The van der Waals surface area contributed by atoms with Gasteiger partial charge < -0.3 is 19.3 Å². The lowest BCUT2D eigenvalue weighted by Gasteiger charge is -2.45. The number of methoxy groups -OCH3 is 2. The van der Waals surface area contributed by atoms with Crippen LogP contribution >= 0.6 is 0 Å². The number of aromatic amines is 1. The van der Waals surface area contributed by atoms with Crippen molar-refractivity contribution in [3.05, 3.63) is 46.4 Å². The van der Waals surface area contributed by atoms with Crippen molar-refractivity contribution in [1.29, 1.82) is 0 Å². The summed E-state index contributed by atoms with van der Waals surface area (Å²) in [6, 6.07) is 6.68. The summed E-state index contributed by atoms with van der Waals surface area (Å²) >= 11 is 0. The standard InChI is InChI=1S/C17H20N4O4/c1-20(12-9-21(10-12)11-6-16(22)19-18-8-11)17(23)14-7-13(24-2)4-5-15(14)25-3/h4-8,12H,9-10H2,1-3H3,(H,19,22). The molecule has 0 saturated carbocycles. The van der Waals surface area contributed by atoms with Crippen molar-refractivity contribution in [1.82, 2.24) is 15.1 Å². The summed E-state index contributed by atoms with van der Waals surface area (Å²) in [6.45, 7) is 1.28. The number of benzene rings is 1. The van der Waals surface area contributed by atoms with Gasteiger partial charge in [-0.15, -0.1) is 0 Å². The number of nitrogens with one attached hydrogen (secondary N) is 1. The molecule has 1 aromatic heterocycles. The molecule has 1 N–H and O–H groups in total. The normalized spacial score (nSPS) is 14.0. The Morgan fingerprint density at radius 2 is 2.04 bits per heavy atom. The Bertz CT molecular complexity index is 829. The number of carbonyl (C=O) groups excluding carboxylic acids is 1. The second-order valence-corrected chi connectivity index (χ2v) is 5.84. The molecule has 1 fully saturated rings. The van der Waals surface area contributed by atoms with E-state index in [0.29, 0.717) is 30.2 Å². The van der Waals surface area contributed by atoms with Crippen LogP contribution in [0.1, 0.15) is 10.4 Å². The van der Waals surface area contributed by atoms with E-state index in [2.05, 4.69) is 10.2 Å². The molecular formula is C17H20N4O4. The fourth-order valence-corrected chi connectivity index (χ4v) is 2.79. The number of carbonyl (C=O) groups is 1. The average molecular weight is 344 g/mol. The summed E-state index contributed by atoms with van der Waals surface area (Å²) in [6.07, 6.45) is 1.60. The van der Waals surface area contributed by atoms with Gasteiger partial charge in [0.2, 0.25) is 0 Å². The highest BCUT2D eigenvalue weighted by Crippen LogP contribution is 2.27. The smallest absolute Gasteiger partial charge is 0.266 e. The maximum atomic E-state index is 12.8. The first-order chi connectivity index (χ1) is 12.0. The van der Waals surface area contributed by atoms with Crippen molar-refractivity contribution in [2.45, 2.75) is 6.04 Å². The number of hydrogen-bond donors (Lipinski definition) is 1. The minimum Gasteiger partial charge on any atom is -0.497 e. The molecule has 1 aromatic carbocycles. The van der Waals surface area contributed by atoms with Crippen molar-refractivity contribution in [3.8, 4) is 11.5 Å². The summed E-state index contributed by atoms with van der Waals surface area (Å²) in [5, 5.41) is 6.14. The van der Waals surface area contributed by atoms with Gasteiger partial charge in [-0.05, 0) is 18.2 Å². The second kappa shape index (κ2) is 6.84. The molecule has 8 nitrogen and oxygen atoms in total. The van der Waals surface area contributed by atoms with Crippen LogP contribution in [0.3, 0.4) is 0 Å². The number of H-pyrrole nitrogens is 1. The molecule has 1 amide bonds. The predicted molar refractivity (Wildman–Crippen MR) is 92.5 cm³/mol. The summed E-state index contributed by atoms with van der Waals surface area (Å²) < 4.78 is 10.5. The summed E-state index contributed by atoms with van der Waals surface area (Å²) in [7, 11) is 4.85. The molecule has 3 rings (SSSR count). The predicted octanol–water partition coefficient (Wildman–Crippen LogP) is 0.748. The van der Waals surface area contributed by atoms with Crippen LogP contribution in [0.4, 0.5) is 5.69 Å². The van der Waals surface area contributed by atoms with Gasteiger partial charge in [0.25, 0.3) is 11.5 Å². The van der Waals surface area contributed by atoms with Gasteiger partial charge in [-0.25, -0.2) is 5.10 Å². The zero-order valence-electron chi connectivity index (χ0n) is 14.4. The average Bonchev–Trinajstić information content (AvgIpc) is 2.59. The first kappa shape index (κ1) is 16.8. The fraction of sp³-hybridized carbons (Fsp3) is 0.353. The van der Waals surface area contributed by atoms with Gasteiger partial charge >= 0.3 is 0 Å². The number of nitrogens with zero attached hydrogens (tertiary/aromatic N) is 3. The van der Waals surface area contributed by atoms with Gasteiger partial charge in [-0.1, -0.05) is 0 Å². The summed E-state index contributed by atoms with van der Waals surface area (Å²) in [5.74, 6) is 0.972. The number of hydrogen-bond acceptors (Lipinski definition) is 6. The van der Waals surface area contributed by atoms with Crippen LogP contribution in [0, 0.1) is 0 Å². The van der Waals surface area contributed by atoms with Crippen LogP contribution in [0.5, 0.6) is 11.5 Å². The Morgan fingerprint density at radius 3 is 2.68 bits per heavy atom. The number of likely N-dealkylation sites (N-methyl/N-ethyl adjacent to an activating group) is 1. The third kappa shape index (κ3) is 3.28. The van der Waals surface area contributed by atoms with Crippen LogP contribution in [-0.4, -0.2) is 61.4 Å². The minimum atomic E-state index is -0.244. The minimum absolute atomic E-state index is 0.0442. The van der Waals surface area contributed by atoms with Crippen molar-refractivity contribution >= 4 is 11.6 Å². The molecule has 1 aliphatic heterocycles. The van der Waals surface area contributed by atoms with E-state index in [9.17, 15) is 9.59 Å². The Morgan fingerprint density at radius 1 is 1.28 bits per heavy atom. The van der Waals surface area contributed by atoms with E-state index in [4.69, 9.17) is 9.47 Å². The number of rotatable bonds is 5. The van der Waals surface area contributed by atoms with Gasteiger partial charge in [0, 0.05) is 26.2 Å². The largest absolute Gasteiger partial charge is 0.497 e. The highest BCUT2D eigenvalue weighted by molar-refractivity contribution is 5.97. The molecule has 0 atom stereocenters. The monoisotopic (exact) mass is 344 g/mol. The van der Waals surface area contributed by atoms with Crippen LogP contribution in [-0.2, 0) is 0 Å². The molecule has 0 spiro atoms. The highest BCUT2D eigenvalue weighted by Gasteiger charge is 2.34. The molecule has 0 unspecified atom stereocenters. The number of anilines is 1. The summed E-state index contributed by atoms with van der Waals surface area (Å²) in [4.78, 5) is 27.9. The maximum Gasteiger partial charge on any atom is 0.266 e. The van der Waals surface area contributed by atoms with E-state index >= 15 is 0 Å². The molecule has 0 bridgehead atoms. The van der Waals surface area contributed by atoms with Crippen molar-refractivity contribution < 1.29 is 14.3 Å². The second-order valence-electron chi connectivity index (χ2n) is 5.84. The van der Waals surface area contributed by atoms with E-state index in [-0.39, 0.29) is 17.5 Å². The van der Waals surface area contributed by atoms with Gasteiger partial charge in [-0.3, -0.25) is 9.59 Å². The van der Waals surface area contributed by atoms with E-state index in [1.165, 1.54) is 13.2 Å². The molecule has 2 aromatic rings.